The number of benzene rings is 2. The maximum atomic E-state index is 13.4. The van der Waals surface area contributed by atoms with Crippen molar-refractivity contribution >= 4 is 11.8 Å². The molecular formula is C25H29FN4O2. The Hall–Kier alpha value is -3.48. The molecule has 6 nitrogen and oxygen atoms in total. The number of carbonyl (C=O) groups excluding carboxylic acids is 2. The van der Waals surface area contributed by atoms with Gasteiger partial charge in [-0.05, 0) is 43.0 Å². The number of carbonyl (C=O) groups is 2. The van der Waals surface area contributed by atoms with E-state index in [1.165, 1.54) is 12.1 Å². The number of unbranched alkanes of at least 4 members (excludes halogenated alkanes) is 2. The van der Waals surface area contributed by atoms with Gasteiger partial charge in [0.1, 0.15) is 5.82 Å². The van der Waals surface area contributed by atoms with Gasteiger partial charge in [-0.3, -0.25) is 14.7 Å². The first-order valence-electron chi connectivity index (χ1n) is 10.9. The van der Waals surface area contributed by atoms with Crippen LogP contribution in [0.4, 0.5) is 4.39 Å². The van der Waals surface area contributed by atoms with Crippen LogP contribution < -0.4 is 5.32 Å². The lowest BCUT2D eigenvalue weighted by molar-refractivity contribution is -0.131. The zero-order valence-electron chi connectivity index (χ0n) is 18.3. The highest BCUT2D eigenvalue weighted by Gasteiger charge is 2.11. The number of rotatable bonds is 11. The number of aromatic amines is 1. The van der Waals surface area contributed by atoms with E-state index in [1.807, 2.05) is 42.5 Å². The SMILES string of the molecule is CN(CCCCCc1cc(-c2cccc(F)c2)n[nH]1)C(=O)CNC(=O)Cc1ccccc1. The maximum Gasteiger partial charge on any atom is 0.241 e. The van der Waals surface area contributed by atoms with Crippen LogP contribution in [0.3, 0.4) is 0 Å². The van der Waals surface area contributed by atoms with Crippen molar-refractivity contribution in [3.05, 3.63) is 77.7 Å². The van der Waals surface area contributed by atoms with E-state index in [0.29, 0.717) is 6.54 Å². The minimum absolute atomic E-state index is 0.0131. The molecule has 0 fully saturated rings. The number of aryl methyl sites for hydroxylation is 1. The molecular weight excluding hydrogens is 407 g/mol. The number of nitrogens with zero attached hydrogens (tertiary/aromatic N) is 2. The van der Waals surface area contributed by atoms with E-state index >= 15 is 0 Å². The van der Waals surface area contributed by atoms with E-state index in [9.17, 15) is 14.0 Å². The van der Waals surface area contributed by atoms with E-state index in [4.69, 9.17) is 0 Å². The van der Waals surface area contributed by atoms with Gasteiger partial charge in [0, 0.05) is 24.8 Å². The Bertz CT molecular complexity index is 1020. The predicted molar refractivity (Wildman–Crippen MR) is 122 cm³/mol. The van der Waals surface area contributed by atoms with Crippen molar-refractivity contribution in [2.75, 3.05) is 20.1 Å². The summed E-state index contributed by atoms with van der Waals surface area (Å²) in [6, 6.07) is 17.8. The molecule has 0 atom stereocenters. The quantitative estimate of drug-likeness (QED) is 0.450. The van der Waals surface area contributed by atoms with Crippen LogP contribution in [-0.4, -0.2) is 47.0 Å². The second kappa shape index (κ2) is 11.8. The van der Waals surface area contributed by atoms with Gasteiger partial charge in [-0.25, -0.2) is 4.39 Å². The Kier molecular flexibility index (Phi) is 8.54. The van der Waals surface area contributed by atoms with Crippen molar-refractivity contribution in [1.29, 1.82) is 0 Å². The number of hydrogen-bond acceptors (Lipinski definition) is 3. The first-order valence-corrected chi connectivity index (χ1v) is 10.9. The molecule has 0 unspecified atom stereocenters. The molecule has 1 aromatic heterocycles. The van der Waals surface area contributed by atoms with Gasteiger partial charge in [-0.15, -0.1) is 0 Å². The normalized spacial score (nSPS) is 10.7. The lowest BCUT2D eigenvalue weighted by atomic mass is 10.1. The predicted octanol–water partition coefficient (Wildman–Crippen LogP) is 3.75. The van der Waals surface area contributed by atoms with Gasteiger partial charge >= 0.3 is 0 Å². The van der Waals surface area contributed by atoms with Crippen LogP contribution in [0.1, 0.15) is 30.5 Å². The molecule has 3 rings (SSSR count). The van der Waals surface area contributed by atoms with Gasteiger partial charge in [-0.2, -0.15) is 5.10 Å². The van der Waals surface area contributed by atoms with E-state index in [2.05, 4.69) is 15.5 Å². The monoisotopic (exact) mass is 436 g/mol. The third-order valence-electron chi connectivity index (χ3n) is 5.26. The number of likely N-dealkylation sites (N-methyl/N-ethyl adjacent to an activating group) is 1. The average Bonchev–Trinajstić information content (AvgIpc) is 3.27. The van der Waals surface area contributed by atoms with Crippen molar-refractivity contribution < 1.29 is 14.0 Å². The number of nitrogens with one attached hydrogen (secondary N) is 2. The highest BCUT2D eigenvalue weighted by molar-refractivity contribution is 5.85. The fraction of sp³-hybridized carbons (Fsp3) is 0.320. The van der Waals surface area contributed by atoms with Gasteiger partial charge in [0.15, 0.2) is 0 Å². The third kappa shape index (κ3) is 7.34. The van der Waals surface area contributed by atoms with E-state index < -0.39 is 0 Å². The lowest BCUT2D eigenvalue weighted by Crippen LogP contribution is -2.39. The number of halogens is 1. The topological polar surface area (TPSA) is 78.1 Å². The fourth-order valence-electron chi connectivity index (χ4n) is 3.40. The number of hydrogen-bond donors (Lipinski definition) is 2. The summed E-state index contributed by atoms with van der Waals surface area (Å²) in [6.45, 7) is 0.657. The first-order chi connectivity index (χ1) is 15.5. The summed E-state index contributed by atoms with van der Waals surface area (Å²) >= 11 is 0. The average molecular weight is 437 g/mol. The minimum Gasteiger partial charge on any atom is -0.347 e. The Morgan fingerprint density at radius 3 is 2.62 bits per heavy atom. The Labute approximate surface area is 187 Å². The smallest absolute Gasteiger partial charge is 0.241 e. The largest absolute Gasteiger partial charge is 0.347 e. The highest BCUT2D eigenvalue weighted by Crippen LogP contribution is 2.19. The molecule has 2 N–H and O–H groups in total. The Morgan fingerprint density at radius 1 is 1.03 bits per heavy atom. The van der Waals surface area contributed by atoms with Crippen LogP contribution in [0.15, 0.2) is 60.7 Å². The fourth-order valence-corrected chi connectivity index (χ4v) is 3.40. The van der Waals surface area contributed by atoms with Crippen molar-refractivity contribution in [3.63, 3.8) is 0 Å². The molecule has 0 aliphatic rings. The van der Waals surface area contributed by atoms with Crippen LogP contribution in [0.2, 0.25) is 0 Å². The van der Waals surface area contributed by atoms with Crippen LogP contribution in [-0.2, 0) is 22.4 Å². The van der Waals surface area contributed by atoms with Crippen LogP contribution in [0.25, 0.3) is 11.3 Å². The molecule has 0 saturated carbocycles. The number of aromatic nitrogens is 2. The zero-order chi connectivity index (χ0) is 22.8. The molecule has 0 radical (unpaired) electrons. The summed E-state index contributed by atoms with van der Waals surface area (Å²) in [5.41, 5.74) is 3.42. The molecule has 0 aliphatic carbocycles. The summed E-state index contributed by atoms with van der Waals surface area (Å²) in [6.07, 6.45) is 3.92. The summed E-state index contributed by atoms with van der Waals surface area (Å²) in [7, 11) is 1.76. The third-order valence-corrected chi connectivity index (χ3v) is 5.26. The molecule has 7 heteroatoms. The zero-order valence-corrected chi connectivity index (χ0v) is 18.3. The van der Waals surface area contributed by atoms with Crippen molar-refractivity contribution in [1.82, 2.24) is 20.4 Å². The number of H-pyrrole nitrogens is 1. The standard InChI is InChI=1S/C25H29FN4O2/c1-30(25(32)18-27-24(31)15-19-9-4-2-5-10-19)14-7-3-6-13-22-17-23(29-28-22)20-11-8-12-21(26)16-20/h2,4-5,8-12,16-17H,3,6-7,13-15,18H2,1H3,(H,27,31)(H,28,29). The van der Waals surface area contributed by atoms with E-state index in [-0.39, 0.29) is 30.6 Å². The second-order valence-electron chi connectivity index (χ2n) is 7.85. The van der Waals surface area contributed by atoms with Crippen molar-refractivity contribution in [2.24, 2.45) is 0 Å². The van der Waals surface area contributed by atoms with Gasteiger partial charge < -0.3 is 10.2 Å². The van der Waals surface area contributed by atoms with Gasteiger partial charge in [0.05, 0.1) is 18.7 Å². The molecule has 2 aromatic carbocycles. The van der Waals surface area contributed by atoms with Crippen LogP contribution in [0.5, 0.6) is 0 Å². The molecule has 0 spiro atoms. The molecule has 0 saturated heterocycles. The summed E-state index contributed by atoms with van der Waals surface area (Å²) in [5, 5.41) is 9.96. The molecule has 1 heterocycles. The van der Waals surface area contributed by atoms with Crippen molar-refractivity contribution in [2.45, 2.75) is 32.1 Å². The van der Waals surface area contributed by atoms with E-state index in [1.54, 1.807) is 18.0 Å². The molecule has 3 aromatic rings. The maximum absolute atomic E-state index is 13.4. The Balaban J connectivity index is 1.30. The second-order valence-corrected chi connectivity index (χ2v) is 7.85. The minimum atomic E-state index is -0.276. The van der Waals surface area contributed by atoms with E-state index in [0.717, 1.165) is 48.2 Å². The van der Waals surface area contributed by atoms with Crippen LogP contribution >= 0.6 is 0 Å². The highest BCUT2D eigenvalue weighted by atomic mass is 19.1. The van der Waals surface area contributed by atoms with Gasteiger partial charge in [0.2, 0.25) is 11.8 Å². The first kappa shape index (κ1) is 23.2. The van der Waals surface area contributed by atoms with Crippen LogP contribution in [0, 0.1) is 5.82 Å². The lowest BCUT2D eigenvalue weighted by Gasteiger charge is -2.17. The number of amides is 2. The van der Waals surface area contributed by atoms with Gasteiger partial charge in [0.25, 0.3) is 0 Å². The molecule has 0 bridgehead atoms. The van der Waals surface area contributed by atoms with Gasteiger partial charge in [-0.1, -0.05) is 48.9 Å². The summed E-state index contributed by atoms with van der Waals surface area (Å²) in [5.74, 6) is -0.531. The summed E-state index contributed by atoms with van der Waals surface area (Å²) < 4.78 is 13.4. The Morgan fingerprint density at radius 2 is 1.84 bits per heavy atom. The molecule has 168 valence electrons. The molecule has 0 aliphatic heterocycles. The summed E-state index contributed by atoms with van der Waals surface area (Å²) in [4.78, 5) is 25.8. The molecule has 2 amide bonds. The van der Waals surface area contributed by atoms with Crippen molar-refractivity contribution in [3.8, 4) is 11.3 Å². The molecule has 32 heavy (non-hydrogen) atoms.